The normalized spacial score (nSPS) is 16.5. The van der Waals surface area contributed by atoms with Crippen molar-refractivity contribution in [3.63, 3.8) is 0 Å². The van der Waals surface area contributed by atoms with E-state index in [0.29, 0.717) is 0 Å². The second-order valence-corrected chi connectivity index (χ2v) is 4.63. The van der Waals surface area contributed by atoms with Crippen LogP contribution in [0, 0.1) is 6.92 Å². The van der Waals surface area contributed by atoms with E-state index >= 15 is 0 Å². The summed E-state index contributed by atoms with van der Waals surface area (Å²) in [5.41, 5.74) is 0. The molecule has 2 aromatic rings. The van der Waals surface area contributed by atoms with Gasteiger partial charge in [0.15, 0.2) is 0 Å². The summed E-state index contributed by atoms with van der Waals surface area (Å²) in [5.74, 6) is 2.88. The predicted molar refractivity (Wildman–Crippen MR) is 67.4 cm³/mol. The molecule has 2 aromatic heterocycles. The first-order valence-electron chi connectivity index (χ1n) is 6.14. The van der Waals surface area contributed by atoms with Crippen molar-refractivity contribution in [2.24, 2.45) is 0 Å². The van der Waals surface area contributed by atoms with Crippen LogP contribution in [-0.2, 0) is 6.54 Å². The van der Waals surface area contributed by atoms with E-state index in [4.69, 9.17) is 9.15 Å². The Bertz CT molecular complexity index is 504. The van der Waals surface area contributed by atoms with Crippen molar-refractivity contribution in [1.29, 1.82) is 0 Å². The third-order valence-corrected chi connectivity index (χ3v) is 3.05. The maximum absolute atomic E-state index is 5.81. The minimum Gasteiger partial charge on any atom is -0.488 e. The van der Waals surface area contributed by atoms with Crippen molar-refractivity contribution < 1.29 is 9.15 Å². The van der Waals surface area contributed by atoms with Crippen LogP contribution in [0.3, 0.4) is 0 Å². The molecule has 0 aromatic carbocycles. The summed E-state index contributed by atoms with van der Waals surface area (Å²) < 4.78 is 11.4. The SMILES string of the molecule is Cc1ccc(CN2CC(Oc3ccncc3)C2)o1. The molecular weight excluding hydrogens is 228 g/mol. The molecule has 0 radical (unpaired) electrons. The van der Waals surface area contributed by atoms with Gasteiger partial charge in [-0.3, -0.25) is 9.88 Å². The molecule has 4 heteroatoms. The lowest BCUT2D eigenvalue weighted by Gasteiger charge is -2.38. The zero-order valence-electron chi connectivity index (χ0n) is 10.4. The second kappa shape index (κ2) is 4.82. The molecule has 94 valence electrons. The van der Waals surface area contributed by atoms with Gasteiger partial charge in [0.05, 0.1) is 6.54 Å². The first-order valence-corrected chi connectivity index (χ1v) is 6.14. The third-order valence-electron chi connectivity index (χ3n) is 3.05. The number of rotatable bonds is 4. The Balaban J connectivity index is 1.46. The van der Waals surface area contributed by atoms with Gasteiger partial charge in [0.2, 0.25) is 0 Å². The fraction of sp³-hybridized carbons (Fsp3) is 0.357. The summed E-state index contributed by atoms with van der Waals surface area (Å²) in [4.78, 5) is 6.28. The summed E-state index contributed by atoms with van der Waals surface area (Å²) >= 11 is 0. The molecular formula is C14H16N2O2. The van der Waals surface area contributed by atoms with Gasteiger partial charge < -0.3 is 9.15 Å². The lowest BCUT2D eigenvalue weighted by Crippen LogP contribution is -2.52. The van der Waals surface area contributed by atoms with Gasteiger partial charge in [-0.15, -0.1) is 0 Å². The molecule has 1 aliphatic heterocycles. The fourth-order valence-electron chi connectivity index (χ4n) is 2.13. The molecule has 0 atom stereocenters. The number of pyridine rings is 1. The fourth-order valence-corrected chi connectivity index (χ4v) is 2.13. The van der Waals surface area contributed by atoms with Gasteiger partial charge in [0, 0.05) is 25.5 Å². The van der Waals surface area contributed by atoms with E-state index < -0.39 is 0 Å². The zero-order valence-corrected chi connectivity index (χ0v) is 10.4. The van der Waals surface area contributed by atoms with Crippen LogP contribution < -0.4 is 4.74 Å². The van der Waals surface area contributed by atoms with Crippen LogP contribution in [0.15, 0.2) is 41.1 Å². The molecule has 18 heavy (non-hydrogen) atoms. The Labute approximate surface area is 106 Å². The summed E-state index contributed by atoms with van der Waals surface area (Å²) in [6.45, 7) is 4.73. The number of hydrogen-bond donors (Lipinski definition) is 0. The number of furan rings is 1. The maximum Gasteiger partial charge on any atom is 0.124 e. The number of aryl methyl sites for hydroxylation is 1. The Morgan fingerprint density at radius 3 is 2.72 bits per heavy atom. The molecule has 0 spiro atoms. The Hall–Kier alpha value is -1.81. The molecule has 1 saturated heterocycles. The van der Waals surface area contributed by atoms with Crippen LogP contribution in [0.2, 0.25) is 0 Å². The van der Waals surface area contributed by atoms with Gasteiger partial charge in [0.25, 0.3) is 0 Å². The molecule has 0 aliphatic carbocycles. The van der Waals surface area contributed by atoms with Gasteiger partial charge in [-0.1, -0.05) is 0 Å². The average molecular weight is 244 g/mol. The van der Waals surface area contributed by atoms with Crippen molar-refractivity contribution in [3.05, 3.63) is 48.2 Å². The molecule has 4 nitrogen and oxygen atoms in total. The molecule has 3 heterocycles. The number of hydrogen-bond acceptors (Lipinski definition) is 4. The predicted octanol–water partition coefficient (Wildman–Crippen LogP) is 2.25. The van der Waals surface area contributed by atoms with Crippen LogP contribution >= 0.6 is 0 Å². The largest absolute Gasteiger partial charge is 0.488 e. The number of nitrogens with zero attached hydrogens (tertiary/aromatic N) is 2. The maximum atomic E-state index is 5.81. The summed E-state index contributed by atoms with van der Waals surface area (Å²) in [6.07, 6.45) is 3.78. The number of likely N-dealkylation sites (tertiary alicyclic amines) is 1. The highest BCUT2D eigenvalue weighted by molar-refractivity contribution is 5.18. The molecule has 0 N–H and O–H groups in total. The molecule has 1 fully saturated rings. The van der Waals surface area contributed by atoms with E-state index in [9.17, 15) is 0 Å². The molecule has 0 unspecified atom stereocenters. The molecule has 0 saturated carbocycles. The summed E-state index contributed by atoms with van der Waals surface area (Å²) in [5, 5.41) is 0. The second-order valence-electron chi connectivity index (χ2n) is 4.63. The third kappa shape index (κ3) is 2.54. The van der Waals surface area contributed by atoms with E-state index in [0.717, 1.165) is 36.9 Å². The van der Waals surface area contributed by atoms with Gasteiger partial charge in [0.1, 0.15) is 23.4 Å². The molecule has 0 amide bonds. The van der Waals surface area contributed by atoms with Crippen LogP contribution in [0.25, 0.3) is 0 Å². The Kier molecular flexibility index (Phi) is 3.02. The van der Waals surface area contributed by atoms with Gasteiger partial charge in [-0.05, 0) is 31.2 Å². The zero-order chi connectivity index (χ0) is 12.4. The summed E-state index contributed by atoms with van der Waals surface area (Å²) in [7, 11) is 0. The highest BCUT2D eigenvalue weighted by atomic mass is 16.5. The van der Waals surface area contributed by atoms with E-state index in [1.165, 1.54) is 0 Å². The quantitative estimate of drug-likeness (QED) is 0.826. The van der Waals surface area contributed by atoms with Gasteiger partial charge in [-0.2, -0.15) is 0 Å². The standard InChI is InChI=1S/C14H16N2O2/c1-11-2-3-13(17-11)8-16-9-14(10-16)18-12-4-6-15-7-5-12/h2-7,14H,8-10H2,1H3. The smallest absolute Gasteiger partial charge is 0.124 e. The summed E-state index contributed by atoms with van der Waals surface area (Å²) in [6, 6.07) is 7.81. The van der Waals surface area contributed by atoms with Crippen LogP contribution in [0.1, 0.15) is 11.5 Å². The van der Waals surface area contributed by atoms with Crippen LogP contribution in [0.5, 0.6) is 5.75 Å². The van der Waals surface area contributed by atoms with Crippen LogP contribution in [0.4, 0.5) is 0 Å². The van der Waals surface area contributed by atoms with E-state index in [1.54, 1.807) is 12.4 Å². The highest BCUT2D eigenvalue weighted by Gasteiger charge is 2.28. The Morgan fingerprint density at radius 2 is 2.06 bits per heavy atom. The number of ether oxygens (including phenoxy) is 1. The van der Waals surface area contributed by atoms with Crippen molar-refractivity contribution in [1.82, 2.24) is 9.88 Å². The number of aromatic nitrogens is 1. The topological polar surface area (TPSA) is 38.5 Å². The van der Waals surface area contributed by atoms with Gasteiger partial charge >= 0.3 is 0 Å². The van der Waals surface area contributed by atoms with Crippen molar-refractivity contribution in [2.45, 2.75) is 19.6 Å². The lowest BCUT2D eigenvalue weighted by molar-refractivity contribution is 0.0105. The van der Waals surface area contributed by atoms with E-state index in [1.807, 2.05) is 31.2 Å². The minimum atomic E-state index is 0.281. The monoisotopic (exact) mass is 244 g/mol. The lowest BCUT2D eigenvalue weighted by atomic mass is 10.1. The first kappa shape index (κ1) is 11.3. The van der Waals surface area contributed by atoms with E-state index in [-0.39, 0.29) is 6.10 Å². The van der Waals surface area contributed by atoms with Crippen LogP contribution in [-0.4, -0.2) is 29.1 Å². The molecule has 1 aliphatic rings. The highest BCUT2D eigenvalue weighted by Crippen LogP contribution is 2.19. The van der Waals surface area contributed by atoms with E-state index in [2.05, 4.69) is 9.88 Å². The van der Waals surface area contributed by atoms with Crippen molar-refractivity contribution in [2.75, 3.05) is 13.1 Å². The first-order chi connectivity index (χ1) is 8.79. The molecule has 0 bridgehead atoms. The average Bonchev–Trinajstić information content (AvgIpc) is 2.73. The van der Waals surface area contributed by atoms with Gasteiger partial charge in [-0.25, -0.2) is 0 Å². The minimum absolute atomic E-state index is 0.281. The van der Waals surface area contributed by atoms with Crippen molar-refractivity contribution in [3.8, 4) is 5.75 Å². The Morgan fingerprint density at radius 1 is 1.28 bits per heavy atom. The molecule has 3 rings (SSSR count). The van der Waals surface area contributed by atoms with Crippen molar-refractivity contribution >= 4 is 0 Å².